The average Bonchev–Trinajstić information content (AvgIpc) is 3.05. The van der Waals surface area contributed by atoms with Gasteiger partial charge < -0.3 is 14.8 Å². The maximum absolute atomic E-state index is 12.8. The fraction of sp³-hybridized carbons (Fsp3) is 0.0870. The van der Waals surface area contributed by atoms with Crippen molar-refractivity contribution in [1.29, 1.82) is 0 Å². The van der Waals surface area contributed by atoms with Crippen molar-refractivity contribution in [3.05, 3.63) is 89.5 Å². The van der Waals surface area contributed by atoms with E-state index in [1.54, 1.807) is 14.2 Å². The van der Waals surface area contributed by atoms with Crippen molar-refractivity contribution < 1.29 is 14.3 Å². The highest BCUT2D eigenvalue weighted by molar-refractivity contribution is 6.38. The minimum absolute atomic E-state index is 0.0992. The Kier molecular flexibility index (Phi) is 4.38. The maximum atomic E-state index is 12.8. The van der Waals surface area contributed by atoms with Crippen LogP contribution in [0.3, 0.4) is 0 Å². The molecule has 0 fully saturated rings. The molecule has 0 radical (unpaired) electrons. The smallest absolute Gasteiger partial charge is 0.257 e. The topological polar surface area (TPSA) is 47.6 Å². The zero-order valence-corrected chi connectivity index (χ0v) is 15.2. The van der Waals surface area contributed by atoms with Gasteiger partial charge in [0.25, 0.3) is 5.91 Å². The van der Waals surface area contributed by atoms with Gasteiger partial charge in [-0.2, -0.15) is 0 Å². The van der Waals surface area contributed by atoms with E-state index >= 15 is 0 Å². The van der Waals surface area contributed by atoms with Crippen molar-refractivity contribution in [2.75, 3.05) is 19.5 Å². The van der Waals surface area contributed by atoms with E-state index in [0.29, 0.717) is 5.57 Å². The number of hydrogen-bond donors (Lipinski definition) is 1. The highest BCUT2D eigenvalue weighted by Crippen LogP contribution is 2.40. The maximum Gasteiger partial charge on any atom is 0.257 e. The second-order valence-corrected chi connectivity index (χ2v) is 6.21. The summed E-state index contributed by atoms with van der Waals surface area (Å²) in [5.74, 6) is 1.45. The molecule has 1 aliphatic heterocycles. The lowest BCUT2D eigenvalue weighted by Gasteiger charge is -2.13. The van der Waals surface area contributed by atoms with Gasteiger partial charge in [0.05, 0.1) is 19.8 Å². The molecule has 4 heteroatoms. The monoisotopic (exact) mass is 357 g/mol. The average molecular weight is 357 g/mol. The van der Waals surface area contributed by atoms with Gasteiger partial charge >= 0.3 is 0 Å². The van der Waals surface area contributed by atoms with Crippen molar-refractivity contribution in [2.45, 2.75) is 0 Å². The first-order valence-electron chi connectivity index (χ1n) is 8.65. The molecule has 4 nitrogen and oxygen atoms in total. The number of hydrogen-bond acceptors (Lipinski definition) is 3. The van der Waals surface area contributed by atoms with Crippen LogP contribution in [-0.4, -0.2) is 20.1 Å². The molecule has 0 aliphatic carbocycles. The van der Waals surface area contributed by atoms with Gasteiger partial charge in [-0.15, -0.1) is 0 Å². The number of fused-ring (bicyclic) bond motifs is 1. The Hall–Kier alpha value is -3.53. The number of carbonyl (C=O) groups excluding carboxylic acids is 1. The molecule has 0 aromatic heterocycles. The van der Waals surface area contributed by atoms with Crippen LogP contribution in [0.25, 0.3) is 11.1 Å². The minimum atomic E-state index is -0.0992. The SMILES string of the molecule is COc1ccc(C(=C2C(=O)Nc3ccccc32)c2ccc(OC)cc2)cc1. The third-order valence-corrected chi connectivity index (χ3v) is 4.68. The summed E-state index contributed by atoms with van der Waals surface area (Å²) in [6.45, 7) is 0. The molecule has 1 aliphatic rings. The van der Waals surface area contributed by atoms with Crippen LogP contribution >= 0.6 is 0 Å². The summed E-state index contributed by atoms with van der Waals surface area (Å²) in [5, 5.41) is 2.97. The summed E-state index contributed by atoms with van der Waals surface area (Å²) >= 11 is 0. The number of benzene rings is 3. The molecule has 1 heterocycles. The zero-order chi connectivity index (χ0) is 18.8. The normalized spacial score (nSPS) is 12.4. The van der Waals surface area contributed by atoms with Gasteiger partial charge in [0.2, 0.25) is 0 Å². The van der Waals surface area contributed by atoms with Gasteiger partial charge in [-0.1, -0.05) is 42.5 Å². The number of para-hydroxylation sites is 1. The Morgan fingerprint density at radius 3 is 1.78 bits per heavy atom. The predicted octanol–water partition coefficient (Wildman–Crippen LogP) is 4.62. The predicted molar refractivity (Wildman–Crippen MR) is 107 cm³/mol. The third-order valence-electron chi connectivity index (χ3n) is 4.68. The van der Waals surface area contributed by atoms with Crippen molar-refractivity contribution in [3.8, 4) is 11.5 Å². The lowest BCUT2D eigenvalue weighted by Crippen LogP contribution is -2.06. The Bertz CT molecular complexity index is 969. The number of anilines is 1. The third kappa shape index (κ3) is 3.06. The molecule has 134 valence electrons. The van der Waals surface area contributed by atoms with Gasteiger partial charge in [0.1, 0.15) is 11.5 Å². The molecule has 1 amide bonds. The van der Waals surface area contributed by atoms with Crippen LogP contribution in [0.4, 0.5) is 5.69 Å². The first kappa shape index (κ1) is 16.9. The summed E-state index contributed by atoms with van der Waals surface area (Å²) in [6.07, 6.45) is 0. The highest BCUT2D eigenvalue weighted by Gasteiger charge is 2.28. The van der Waals surface area contributed by atoms with Crippen LogP contribution < -0.4 is 14.8 Å². The molecule has 1 N–H and O–H groups in total. The van der Waals surface area contributed by atoms with E-state index in [2.05, 4.69) is 5.32 Å². The van der Waals surface area contributed by atoms with E-state index in [4.69, 9.17) is 9.47 Å². The molecule has 0 saturated carbocycles. The number of rotatable bonds is 4. The second kappa shape index (κ2) is 7.00. The van der Waals surface area contributed by atoms with Crippen LogP contribution in [0.2, 0.25) is 0 Å². The first-order valence-corrected chi connectivity index (χ1v) is 8.65. The number of methoxy groups -OCH3 is 2. The van der Waals surface area contributed by atoms with Gasteiger partial charge in [-0.25, -0.2) is 0 Å². The summed E-state index contributed by atoms with van der Waals surface area (Å²) < 4.78 is 10.6. The molecule has 0 spiro atoms. The van der Waals surface area contributed by atoms with Gasteiger partial charge in [0.15, 0.2) is 0 Å². The van der Waals surface area contributed by atoms with Crippen LogP contribution in [-0.2, 0) is 4.79 Å². The summed E-state index contributed by atoms with van der Waals surface area (Å²) in [5.41, 5.74) is 5.18. The number of nitrogens with one attached hydrogen (secondary N) is 1. The zero-order valence-electron chi connectivity index (χ0n) is 15.2. The van der Waals surface area contributed by atoms with E-state index in [-0.39, 0.29) is 5.91 Å². The quantitative estimate of drug-likeness (QED) is 0.694. The summed E-state index contributed by atoms with van der Waals surface area (Å²) in [7, 11) is 3.27. The molecule has 0 atom stereocenters. The van der Waals surface area contributed by atoms with Gasteiger partial charge in [-0.05, 0) is 41.5 Å². The molecule has 4 rings (SSSR count). The Balaban J connectivity index is 1.96. The fourth-order valence-corrected chi connectivity index (χ4v) is 3.34. The van der Waals surface area contributed by atoms with Crippen LogP contribution in [0, 0.1) is 0 Å². The molecule has 0 unspecified atom stereocenters. The van der Waals surface area contributed by atoms with Gasteiger partial charge in [-0.3, -0.25) is 4.79 Å². The molecular formula is C23H19NO3. The van der Waals surface area contributed by atoms with E-state index in [0.717, 1.165) is 39.4 Å². The Morgan fingerprint density at radius 1 is 0.741 bits per heavy atom. The number of ether oxygens (including phenoxy) is 2. The first-order chi connectivity index (χ1) is 13.2. The molecule has 0 saturated heterocycles. The summed E-state index contributed by atoms with van der Waals surface area (Å²) in [4.78, 5) is 12.8. The molecule has 3 aromatic carbocycles. The van der Waals surface area contributed by atoms with E-state index in [1.165, 1.54) is 0 Å². The van der Waals surface area contributed by atoms with Crippen LogP contribution in [0.5, 0.6) is 11.5 Å². The Morgan fingerprint density at radius 2 is 1.26 bits per heavy atom. The lowest BCUT2D eigenvalue weighted by atomic mass is 9.90. The van der Waals surface area contributed by atoms with E-state index in [9.17, 15) is 4.79 Å². The molecule has 27 heavy (non-hydrogen) atoms. The van der Waals surface area contributed by atoms with Crippen LogP contribution in [0.15, 0.2) is 72.8 Å². The largest absolute Gasteiger partial charge is 0.497 e. The van der Waals surface area contributed by atoms with E-state index in [1.807, 2.05) is 72.8 Å². The molecular weight excluding hydrogens is 338 g/mol. The lowest BCUT2D eigenvalue weighted by molar-refractivity contribution is -0.110. The van der Waals surface area contributed by atoms with Crippen molar-refractivity contribution >= 4 is 22.7 Å². The van der Waals surface area contributed by atoms with Gasteiger partial charge in [0, 0.05) is 16.8 Å². The standard InChI is InChI=1S/C23H19NO3/c1-26-17-11-7-15(8-12-17)21(16-9-13-18(27-2)14-10-16)22-19-5-3-4-6-20(19)24-23(22)25/h3-14H,1-2H3,(H,24,25). The Labute approximate surface area is 158 Å². The second-order valence-electron chi connectivity index (χ2n) is 6.21. The number of amides is 1. The fourth-order valence-electron chi connectivity index (χ4n) is 3.34. The molecule has 3 aromatic rings. The van der Waals surface area contributed by atoms with Crippen molar-refractivity contribution in [1.82, 2.24) is 0 Å². The molecule has 0 bridgehead atoms. The van der Waals surface area contributed by atoms with E-state index < -0.39 is 0 Å². The summed E-state index contributed by atoms with van der Waals surface area (Å²) in [6, 6.07) is 23.2. The minimum Gasteiger partial charge on any atom is -0.497 e. The van der Waals surface area contributed by atoms with Crippen molar-refractivity contribution in [3.63, 3.8) is 0 Å². The van der Waals surface area contributed by atoms with Crippen LogP contribution in [0.1, 0.15) is 16.7 Å². The number of carbonyl (C=O) groups is 1. The van der Waals surface area contributed by atoms with Crippen molar-refractivity contribution in [2.24, 2.45) is 0 Å². The highest BCUT2D eigenvalue weighted by atomic mass is 16.5.